The van der Waals surface area contributed by atoms with Crippen LogP contribution in [0.3, 0.4) is 0 Å². The fourth-order valence-electron chi connectivity index (χ4n) is 2.74. The van der Waals surface area contributed by atoms with E-state index in [1.54, 1.807) is 21.7 Å². The maximum absolute atomic E-state index is 11.8. The first-order chi connectivity index (χ1) is 11.5. The molecule has 1 aliphatic heterocycles. The van der Waals surface area contributed by atoms with Crippen LogP contribution in [0, 0.1) is 5.92 Å². The molecule has 2 N–H and O–H groups in total. The van der Waals surface area contributed by atoms with Crippen molar-refractivity contribution in [3.05, 3.63) is 40.7 Å². The van der Waals surface area contributed by atoms with Crippen molar-refractivity contribution < 1.29 is 9.90 Å². The van der Waals surface area contributed by atoms with Gasteiger partial charge in [0.25, 0.3) is 5.56 Å². The number of carbonyl (C=O) groups excluding carboxylic acids is 1. The van der Waals surface area contributed by atoms with E-state index in [0.29, 0.717) is 19.0 Å². The molecule has 2 atom stereocenters. The number of aromatic nitrogens is 2. The monoisotopic (exact) mass is 334 g/mol. The van der Waals surface area contributed by atoms with Crippen LogP contribution < -0.4 is 10.9 Å². The predicted molar refractivity (Wildman–Crippen MR) is 91.3 cm³/mol. The standard InChI is InChI=1S/C17H26N4O3/c1-3-5-14-12-20(16(23)10-18-14)8-4-6-13(2)11-21-9-7-15(22)19-17(21)24/h7,9-10,12-13,15,22H,3-6,8,11H2,1-2H3,(H,19,24). The lowest BCUT2D eigenvalue weighted by molar-refractivity contribution is 0.149. The molecule has 132 valence electrons. The first-order valence-electron chi connectivity index (χ1n) is 8.48. The summed E-state index contributed by atoms with van der Waals surface area (Å²) in [4.78, 5) is 29.3. The number of aryl methyl sites for hydroxylation is 2. The van der Waals surface area contributed by atoms with E-state index in [1.165, 1.54) is 6.20 Å². The zero-order valence-electron chi connectivity index (χ0n) is 14.3. The van der Waals surface area contributed by atoms with Crippen LogP contribution in [0.1, 0.15) is 38.8 Å². The van der Waals surface area contributed by atoms with Crippen molar-refractivity contribution >= 4 is 6.03 Å². The van der Waals surface area contributed by atoms with Crippen LogP contribution in [-0.4, -0.2) is 38.4 Å². The van der Waals surface area contributed by atoms with Crippen LogP contribution in [0.2, 0.25) is 0 Å². The molecular weight excluding hydrogens is 308 g/mol. The van der Waals surface area contributed by atoms with Gasteiger partial charge in [-0.3, -0.25) is 9.78 Å². The number of rotatable bonds is 8. The highest BCUT2D eigenvalue weighted by atomic mass is 16.3. The van der Waals surface area contributed by atoms with Crippen molar-refractivity contribution in [1.29, 1.82) is 0 Å². The third-order valence-corrected chi connectivity index (χ3v) is 4.02. The molecule has 0 bridgehead atoms. The van der Waals surface area contributed by atoms with E-state index in [2.05, 4.69) is 24.1 Å². The Morgan fingerprint density at radius 2 is 2.21 bits per heavy atom. The average Bonchev–Trinajstić information content (AvgIpc) is 2.53. The first-order valence-corrected chi connectivity index (χ1v) is 8.48. The van der Waals surface area contributed by atoms with E-state index < -0.39 is 6.23 Å². The normalized spacial score (nSPS) is 18.5. The number of nitrogens with one attached hydrogen (secondary N) is 1. The van der Waals surface area contributed by atoms with Gasteiger partial charge in [-0.1, -0.05) is 20.3 Å². The van der Waals surface area contributed by atoms with Gasteiger partial charge >= 0.3 is 6.03 Å². The summed E-state index contributed by atoms with van der Waals surface area (Å²) >= 11 is 0. The molecule has 0 aliphatic carbocycles. The van der Waals surface area contributed by atoms with Gasteiger partial charge in [-0.05, 0) is 31.3 Å². The molecule has 1 aromatic heterocycles. The minimum atomic E-state index is -0.903. The van der Waals surface area contributed by atoms with Gasteiger partial charge < -0.3 is 19.9 Å². The smallest absolute Gasteiger partial charge is 0.323 e. The quantitative estimate of drug-likeness (QED) is 0.753. The van der Waals surface area contributed by atoms with E-state index in [-0.39, 0.29) is 11.6 Å². The SMILES string of the molecule is CCCc1cn(CCCC(C)CN2C=CC(O)NC2=O)c(=O)cn1. The molecule has 24 heavy (non-hydrogen) atoms. The second-order valence-electron chi connectivity index (χ2n) is 6.30. The molecule has 0 saturated carbocycles. The summed E-state index contributed by atoms with van der Waals surface area (Å²) in [5.74, 6) is 0.295. The Bertz CT molecular complexity index is 641. The summed E-state index contributed by atoms with van der Waals surface area (Å²) in [5, 5.41) is 11.7. The lowest BCUT2D eigenvalue weighted by Gasteiger charge is -2.27. The van der Waals surface area contributed by atoms with Crippen molar-refractivity contribution in [3.8, 4) is 0 Å². The van der Waals surface area contributed by atoms with Crippen molar-refractivity contribution in [1.82, 2.24) is 19.8 Å². The molecule has 0 spiro atoms. The molecule has 1 aliphatic rings. The molecule has 0 radical (unpaired) electrons. The molecule has 2 amide bonds. The highest BCUT2D eigenvalue weighted by molar-refractivity contribution is 5.76. The molecule has 0 aromatic carbocycles. The lowest BCUT2D eigenvalue weighted by Crippen LogP contribution is -2.46. The fraction of sp³-hybridized carbons (Fsp3) is 0.588. The van der Waals surface area contributed by atoms with Crippen LogP contribution in [0.5, 0.6) is 0 Å². The second kappa shape index (κ2) is 8.63. The largest absolute Gasteiger partial charge is 0.370 e. The van der Waals surface area contributed by atoms with Gasteiger partial charge in [-0.25, -0.2) is 4.79 Å². The molecule has 7 nitrogen and oxygen atoms in total. The van der Waals surface area contributed by atoms with E-state index in [9.17, 15) is 14.7 Å². The van der Waals surface area contributed by atoms with Crippen LogP contribution in [0.15, 0.2) is 29.5 Å². The Morgan fingerprint density at radius 1 is 1.42 bits per heavy atom. The maximum atomic E-state index is 11.8. The van der Waals surface area contributed by atoms with Crippen LogP contribution in [-0.2, 0) is 13.0 Å². The second-order valence-corrected chi connectivity index (χ2v) is 6.30. The van der Waals surface area contributed by atoms with Crippen LogP contribution in [0.25, 0.3) is 0 Å². The van der Waals surface area contributed by atoms with Gasteiger partial charge in [0.05, 0.1) is 11.9 Å². The number of amides is 2. The fourth-order valence-corrected chi connectivity index (χ4v) is 2.74. The number of aliphatic hydroxyl groups is 1. The number of hydrogen-bond donors (Lipinski definition) is 2. The Labute approximate surface area is 142 Å². The Morgan fingerprint density at radius 3 is 2.92 bits per heavy atom. The van der Waals surface area contributed by atoms with Gasteiger partial charge in [0.1, 0.15) is 6.23 Å². The molecule has 1 aromatic rings. The summed E-state index contributed by atoms with van der Waals surface area (Å²) in [6.45, 7) is 5.40. The van der Waals surface area contributed by atoms with Crippen molar-refractivity contribution in [2.24, 2.45) is 5.92 Å². The highest BCUT2D eigenvalue weighted by Crippen LogP contribution is 2.11. The lowest BCUT2D eigenvalue weighted by atomic mass is 10.0. The third kappa shape index (κ3) is 5.19. The summed E-state index contributed by atoms with van der Waals surface area (Å²) < 4.78 is 1.72. The number of hydrogen-bond acceptors (Lipinski definition) is 4. The Balaban J connectivity index is 1.81. The third-order valence-electron chi connectivity index (χ3n) is 4.02. The molecule has 0 fully saturated rings. The van der Waals surface area contributed by atoms with Gasteiger partial charge in [0, 0.05) is 25.5 Å². The molecular formula is C17H26N4O3. The molecule has 2 rings (SSSR count). The minimum Gasteiger partial charge on any atom is -0.370 e. The number of urea groups is 1. The molecule has 7 heteroatoms. The number of nitrogens with zero attached hydrogens (tertiary/aromatic N) is 3. The van der Waals surface area contributed by atoms with E-state index in [1.807, 2.05) is 6.20 Å². The Kier molecular flexibility index (Phi) is 6.54. The van der Waals surface area contributed by atoms with Gasteiger partial charge in [-0.15, -0.1) is 0 Å². The first kappa shape index (κ1) is 18.2. The van der Waals surface area contributed by atoms with Gasteiger partial charge in [0.2, 0.25) is 0 Å². The zero-order valence-corrected chi connectivity index (χ0v) is 14.3. The molecule has 2 unspecified atom stereocenters. The topological polar surface area (TPSA) is 87.5 Å². The zero-order chi connectivity index (χ0) is 17.5. The van der Waals surface area contributed by atoms with E-state index >= 15 is 0 Å². The van der Waals surface area contributed by atoms with Crippen LogP contribution >= 0.6 is 0 Å². The van der Waals surface area contributed by atoms with Crippen molar-refractivity contribution in [2.75, 3.05) is 6.54 Å². The van der Waals surface area contributed by atoms with Gasteiger partial charge in [0.15, 0.2) is 0 Å². The Hall–Kier alpha value is -2.15. The maximum Gasteiger partial charge on any atom is 0.323 e. The van der Waals surface area contributed by atoms with Crippen molar-refractivity contribution in [3.63, 3.8) is 0 Å². The summed E-state index contributed by atoms with van der Waals surface area (Å²) in [6.07, 6.45) is 9.13. The van der Waals surface area contributed by atoms with E-state index in [4.69, 9.17) is 0 Å². The average molecular weight is 334 g/mol. The highest BCUT2D eigenvalue weighted by Gasteiger charge is 2.19. The summed E-state index contributed by atoms with van der Waals surface area (Å²) in [5.41, 5.74) is 0.869. The molecule has 2 heterocycles. The summed E-state index contributed by atoms with van der Waals surface area (Å²) in [6, 6.07) is -0.286. The minimum absolute atomic E-state index is 0.0742. The summed E-state index contributed by atoms with van der Waals surface area (Å²) in [7, 11) is 0. The predicted octanol–water partition coefficient (Wildman–Crippen LogP) is 1.47. The molecule has 0 saturated heterocycles. The van der Waals surface area contributed by atoms with Gasteiger partial charge in [-0.2, -0.15) is 0 Å². The number of carbonyl (C=O) groups is 1. The van der Waals surface area contributed by atoms with E-state index in [0.717, 1.165) is 31.4 Å². The van der Waals surface area contributed by atoms with Crippen molar-refractivity contribution in [2.45, 2.75) is 52.3 Å². The number of aliphatic hydroxyl groups excluding tert-OH is 1. The van der Waals surface area contributed by atoms with Crippen LogP contribution in [0.4, 0.5) is 4.79 Å².